The van der Waals surface area contributed by atoms with Gasteiger partial charge in [-0.25, -0.2) is 24.1 Å². The number of hydrogen-bond donors (Lipinski definition) is 2. The fraction of sp³-hybridized carbons (Fsp3) is 0.0909. The Balaban J connectivity index is 2.54. The van der Waals surface area contributed by atoms with Crippen LogP contribution in [0.2, 0.25) is 0 Å². The van der Waals surface area contributed by atoms with E-state index >= 15 is 0 Å². The van der Waals surface area contributed by atoms with E-state index in [9.17, 15) is 9.18 Å². The minimum Gasteiger partial charge on any atom is -0.477 e. The van der Waals surface area contributed by atoms with Gasteiger partial charge in [-0.1, -0.05) is 0 Å². The van der Waals surface area contributed by atoms with E-state index in [1.807, 2.05) is 0 Å². The van der Waals surface area contributed by atoms with E-state index in [2.05, 4.69) is 15.0 Å². The van der Waals surface area contributed by atoms with Crippen LogP contribution in [0, 0.1) is 12.7 Å². The van der Waals surface area contributed by atoms with Gasteiger partial charge in [0.15, 0.2) is 5.82 Å². The maximum absolute atomic E-state index is 12.7. The molecule has 0 saturated carbocycles. The summed E-state index contributed by atoms with van der Waals surface area (Å²) in [5, 5.41) is 8.92. The number of carboxylic acid groups (broad SMARTS) is 1. The first-order valence-electron chi connectivity index (χ1n) is 4.98. The predicted octanol–water partition coefficient (Wildman–Crippen LogP) is 1.27. The van der Waals surface area contributed by atoms with Crippen LogP contribution >= 0.6 is 0 Å². The lowest BCUT2D eigenvalue weighted by molar-refractivity contribution is 0.0696. The molecule has 2 rings (SSSR count). The molecule has 0 aliphatic heterocycles. The summed E-state index contributed by atoms with van der Waals surface area (Å²) in [7, 11) is 0. The average Bonchev–Trinajstić information content (AvgIpc) is 2.28. The maximum atomic E-state index is 12.7. The minimum atomic E-state index is -1.19. The Hall–Kier alpha value is -2.57. The summed E-state index contributed by atoms with van der Waals surface area (Å²) in [5.41, 5.74) is 5.97. The first-order chi connectivity index (χ1) is 8.49. The highest BCUT2D eigenvalue weighted by Crippen LogP contribution is 2.18. The number of aromatic carboxylic acids is 1. The van der Waals surface area contributed by atoms with Gasteiger partial charge in [0.2, 0.25) is 0 Å². The van der Waals surface area contributed by atoms with Crippen LogP contribution in [0.1, 0.15) is 16.1 Å². The number of nitrogens with two attached hydrogens (primary N) is 1. The van der Waals surface area contributed by atoms with E-state index in [1.54, 1.807) is 0 Å². The van der Waals surface area contributed by atoms with Crippen molar-refractivity contribution >= 4 is 11.8 Å². The van der Waals surface area contributed by atoms with Gasteiger partial charge < -0.3 is 10.8 Å². The number of carboxylic acids is 1. The van der Waals surface area contributed by atoms with Gasteiger partial charge in [-0.2, -0.15) is 0 Å². The molecule has 0 fully saturated rings. The van der Waals surface area contributed by atoms with Crippen molar-refractivity contribution in [1.29, 1.82) is 0 Å². The molecule has 3 N–H and O–H groups in total. The molecule has 0 aromatic carbocycles. The van der Waals surface area contributed by atoms with Gasteiger partial charge in [0, 0.05) is 0 Å². The number of halogens is 1. The molecule has 2 aromatic heterocycles. The van der Waals surface area contributed by atoms with Crippen molar-refractivity contribution in [3.63, 3.8) is 0 Å². The largest absolute Gasteiger partial charge is 0.477 e. The fourth-order valence-corrected chi connectivity index (χ4v) is 1.48. The average molecular weight is 248 g/mol. The number of hydrogen-bond acceptors (Lipinski definition) is 5. The van der Waals surface area contributed by atoms with Gasteiger partial charge >= 0.3 is 5.97 Å². The molecule has 92 valence electrons. The second-order valence-electron chi connectivity index (χ2n) is 3.56. The molecule has 0 bridgehead atoms. The third-order valence-corrected chi connectivity index (χ3v) is 2.29. The third-order valence-electron chi connectivity index (χ3n) is 2.29. The monoisotopic (exact) mass is 248 g/mol. The molecule has 7 heteroatoms. The van der Waals surface area contributed by atoms with Crippen LogP contribution < -0.4 is 5.73 Å². The highest BCUT2D eigenvalue weighted by molar-refractivity contribution is 5.94. The van der Waals surface area contributed by atoms with Crippen molar-refractivity contribution in [3.05, 3.63) is 35.4 Å². The first kappa shape index (κ1) is 11.9. The lowest BCUT2D eigenvalue weighted by Crippen LogP contribution is -2.10. The van der Waals surface area contributed by atoms with Gasteiger partial charge in [-0.05, 0) is 19.1 Å². The number of pyridine rings is 1. The smallest absolute Gasteiger partial charge is 0.341 e. The van der Waals surface area contributed by atoms with Crippen molar-refractivity contribution in [3.8, 4) is 11.5 Å². The fourth-order valence-electron chi connectivity index (χ4n) is 1.48. The Morgan fingerprint density at radius 2 is 2.11 bits per heavy atom. The topological polar surface area (TPSA) is 102 Å². The summed E-state index contributed by atoms with van der Waals surface area (Å²) < 4.78 is 12.7. The van der Waals surface area contributed by atoms with Crippen molar-refractivity contribution in [2.75, 3.05) is 5.73 Å². The van der Waals surface area contributed by atoms with Gasteiger partial charge in [0.1, 0.15) is 22.9 Å². The van der Waals surface area contributed by atoms with Crippen molar-refractivity contribution in [1.82, 2.24) is 15.0 Å². The zero-order valence-corrected chi connectivity index (χ0v) is 9.38. The van der Waals surface area contributed by atoms with Crippen LogP contribution in [-0.2, 0) is 0 Å². The van der Waals surface area contributed by atoms with Gasteiger partial charge in [0.25, 0.3) is 0 Å². The molecule has 0 amide bonds. The molecule has 0 radical (unpaired) electrons. The molecule has 0 spiro atoms. The lowest BCUT2D eigenvalue weighted by Gasteiger charge is -2.06. The second kappa shape index (κ2) is 4.36. The van der Waals surface area contributed by atoms with E-state index in [1.165, 1.54) is 19.1 Å². The number of nitrogen functional groups attached to an aromatic ring is 1. The quantitative estimate of drug-likeness (QED) is 0.829. The van der Waals surface area contributed by atoms with Crippen LogP contribution in [0.4, 0.5) is 10.2 Å². The van der Waals surface area contributed by atoms with E-state index in [0.717, 1.165) is 6.20 Å². The highest BCUT2D eigenvalue weighted by atomic mass is 19.1. The molecule has 0 atom stereocenters. The van der Waals surface area contributed by atoms with E-state index in [-0.39, 0.29) is 22.9 Å². The van der Waals surface area contributed by atoms with Crippen molar-refractivity contribution in [2.45, 2.75) is 6.92 Å². The molecule has 0 unspecified atom stereocenters. The summed E-state index contributed by atoms with van der Waals surface area (Å²) in [6.45, 7) is 1.51. The lowest BCUT2D eigenvalue weighted by atomic mass is 10.2. The third kappa shape index (κ3) is 2.10. The van der Waals surface area contributed by atoms with Crippen LogP contribution in [0.15, 0.2) is 18.3 Å². The number of anilines is 1. The minimum absolute atomic E-state index is 0.138. The Morgan fingerprint density at radius 1 is 1.39 bits per heavy atom. The normalized spacial score (nSPS) is 10.3. The van der Waals surface area contributed by atoms with Crippen LogP contribution in [-0.4, -0.2) is 26.0 Å². The molecule has 0 saturated heterocycles. The summed E-state index contributed by atoms with van der Waals surface area (Å²) in [6, 6.07) is 2.60. The number of carbonyl (C=O) groups is 1. The van der Waals surface area contributed by atoms with Crippen LogP contribution in [0.5, 0.6) is 0 Å². The molecule has 0 aliphatic rings. The highest BCUT2D eigenvalue weighted by Gasteiger charge is 2.16. The molecular formula is C11H9FN4O2. The SMILES string of the molecule is Cc1nc(-c2ccc(F)cn2)nc(N)c1C(=O)O. The second-order valence-corrected chi connectivity index (χ2v) is 3.56. The number of aromatic nitrogens is 3. The van der Waals surface area contributed by atoms with Gasteiger partial charge in [0.05, 0.1) is 11.9 Å². The number of rotatable bonds is 2. The van der Waals surface area contributed by atoms with Crippen molar-refractivity contribution < 1.29 is 14.3 Å². The van der Waals surface area contributed by atoms with Crippen molar-refractivity contribution in [2.24, 2.45) is 0 Å². The molecule has 2 aromatic rings. The summed E-state index contributed by atoms with van der Waals surface area (Å²) in [4.78, 5) is 22.6. The standard InChI is InChI=1S/C11H9FN4O2/c1-5-8(11(17)18)9(13)16-10(15-5)7-3-2-6(12)4-14-7/h2-4H,1H3,(H,17,18)(H2,13,15,16). The molecule has 2 heterocycles. The van der Waals surface area contributed by atoms with Crippen LogP contribution in [0.3, 0.4) is 0 Å². The Kier molecular flexibility index (Phi) is 2.88. The van der Waals surface area contributed by atoms with Gasteiger partial charge in [-0.15, -0.1) is 0 Å². The summed E-state index contributed by atoms with van der Waals surface area (Å²) in [6.07, 6.45) is 1.02. The van der Waals surface area contributed by atoms with E-state index < -0.39 is 11.8 Å². The molecule has 18 heavy (non-hydrogen) atoms. The zero-order valence-electron chi connectivity index (χ0n) is 9.38. The maximum Gasteiger partial charge on any atom is 0.341 e. The van der Waals surface area contributed by atoms with Crippen LogP contribution in [0.25, 0.3) is 11.5 Å². The molecular weight excluding hydrogens is 239 g/mol. The van der Waals surface area contributed by atoms with E-state index in [0.29, 0.717) is 5.69 Å². The predicted molar refractivity (Wildman–Crippen MR) is 61.3 cm³/mol. The molecule has 6 nitrogen and oxygen atoms in total. The number of nitrogens with zero attached hydrogens (tertiary/aromatic N) is 3. The Labute approximate surface area is 101 Å². The van der Waals surface area contributed by atoms with Gasteiger partial charge in [-0.3, -0.25) is 0 Å². The number of aryl methyl sites for hydroxylation is 1. The Bertz CT molecular complexity index is 590. The molecule has 0 aliphatic carbocycles. The zero-order chi connectivity index (χ0) is 13.3. The van der Waals surface area contributed by atoms with E-state index in [4.69, 9.17) is 10.8 Å². The first-order valence-corrected chi connectivity index (χ1v) is 4.98. The summed E-state index contributed by atoms with van der Waals surface area (Å²) >= 11 is 0. The Morgan fingerprint density at radius 3 is 2.61 bits per heavy atom. The summed E-state index contributed by atoms with van der Waals surface area (Å²) in [5.74, 6) is -1.65.